The van der Waals surface area contributed by atoms with E-state index in [0.717, 1.165) is 18.8 Å². The molecule has 2 heteroatoms. The van der Waals surface area contributed by atoms with Crippen LogP contribution in [0.5, 0.6) is 0 Å². The number of nitriles is 1. The third-order valence-corrected chi connectivity index (χ3v) is 3.09. The lowest BCUT2D eigenvalue weighted by Crippen LogP contribution is -2.23. The molecule has 0 aliphatic carbocycles. The summed E-state index contributed by atoms with van der Waals surface area (Å²) in [5.41, 5.74) is -0.134. The van der Waals surface area contributed by atoms with Gasteiger partial charge in [0.2, 0.25) is 0 Å². The molecule has 2 nitrogen and oxygen atoms in total. The van der Waals surface area contributed by atoms with Crippen LogP contribution in [0.25, 0.3) is 0 Å². The fourth-order valence-electron chi connectivity index (χ4n) is 2.03. The van der Waals surface area contributed by atoms with Gasteiger partial charge in [0.25, 0.3) is 0 Å². The summed E-state index contributed by atoms with van der Waals surface area (Å²) in [6.45, 7) is 10.1. The summed E-state index contributed by atoms with van der Waals surface area (Å²) in [5, 5.41) is 8.86. The van der Waals surface area contributed by atoms with E-state index in [9.17, 15) is 0 Å². The van der Waals surface area contributed by atoms with Crippen molar-refractivity contribution in [2.75, 3.05) is 19.6 Å². The predicted molar refractivity (Wildman–Crippen MR) is 58.8 cm³/mol. The van der Waals surface area contributed by atoms with Gasteiger partial charge in [0.15, 0.2) is 0 Å². The summed E-state index contributed by atoms with van der Waals surface area (Å²) in [5.74, 6) is 0.874. The number of likely N-dealkylation sites (tertiary alicyclic amines) is 1. The van der Waals surface area contributed by atoms with Gasteiger partial charge in [0.05, 0.1) is 11.5 Å². The molecule has 0 aromatic heterocycles. The van der Waals surface area contributed by atoms with Crippen LogP contribution < -0.4 is 0 Å². The molecule has 0 saturated carbocycles. The molecule has 0 aromatic carbocycles. The van der Waals surface area contributed by atoms with Crippen LogP contribution in [0.1, 0.15) is 40.0 Å². The monoisotopic (exact) mass is 194 g/mol. The molecule has 1 aliphatic heterocycles. The van der Waals surface area contributed by atoms with Crippen molar-refractivity contribution in [1.29, 1.82) is 5.26 Å². The number of hydrogen-bond donors (Lipinski definition) is 0. The maximum atomic E-state index is 8.86. The van der Waals surface area contributed by atoms with E-state index in [-0.39, 0.29) is 5.41 Å². The molecule has 0 radical (unpaired) electrons. The van der Waals surface area contributed by atoms with Crippen molar-refractivity contribution in [3.63, 3.8) is 0 Å². The topological polar surface area (TPSA) is 27.0 Å². The Morgan fingerprint density at radius 2 is 2.21 bits per heavy atom. The zero-order chi connectivity index (χ0) is 10.6. The Bertz CT molecular complexity index is 215. The highest BCUT2D eigenvalue weighted by molar-refractivity contribution is 4.91. The van der Waals surface area contributed by atoms with Gasteiger partial charge in [-0.3, -0.25) is 0 Å². The smallest absolute Gasteiger partial charge is 0.0683 e. The lowest BCUT2D eigenvalue weighted by molar-refractivity contribution is 0.299. The Labute approximate surface area is 87.9 Å². The molecule has 1 unspecified atom stereocenters. The van der Waals surface area contributed by atoms with E-state index in [2.05, 4.69) is 17.9 Å². The summed E-state index contributed by atoms with van der Waals surface area (Å²) in [7, 11) is 0. The molecule has 14 heavy (non-hydrogen) atoms. The second-order valence-electron chi connectivity index (χ2n) is 5.29. The predicted octanol–water partition coefficient (Wildman–Crippen LogP) is 2.66. The average molecular weight is 194 g/mol. The number of hydrogen-bond acceptors (Lipinski definition) is 2. The first-order valence-corrected chi connectivity index (χ1v) is 5.67. The Balaban J connectivity index is 2.13. The molecule has 0 N–H and O–H groups in total. The van der Waals surface area contributed by atoms with E-state index < -0.39 is 0 Å². The molecule has 1 fully saturated rings. The average Bonchev–Trinajstić information content (AvgIpc) is 2.51. The zero-order valence-corrected chi connectivity index (χ0v) is 9.71. The van der Waals surface area contributed by atoms with Crippen LogP contribution in [0.2, 0.25) is 0 Å². The summed E-state index contributed by atoms with van der Waals surface area (Å²) in [6, 6.07) is 2.36. The first-order chi connectivity index (χ1) is 6.53. The first kappa shape index (κ1) is 11.5. The van der Waals surface area contributed by atoms with E-state index >= 15 is 0 Å². The molecule has 1 aliphatic rings. The second kappa shape index (κ2) is 4.79. The molecule has 0 bridgehead atoms. The molecule has 1 rings (SSSR count). The van der Waals surface area contributed by atoms with Crippen LogP contribution in [-0.4, -0.2) is 24.5 Å². The standard InChI is InChI=1S/C12H22N2/c1-11-5-8-14(9-11)7-4-6-12(2,3)10-13/h11H,4-9H2,1-3H3. The van der Waals surface area contributed by atoms with Crippen LogP contribution in [0, 0.1) is 22.7 Å². The summed E-state index contributed by atoms with van der Waals surface area (Å²) in [6.07, 6.45) is 3.53. The fraction of sp³-hybridized carbons (Fsp3) is 0.917. The highest BCUT2D eigenvalue weighted by atomic mass is 15.1. The Morgan fingerprint density at radius 3 is 2.71 bits per heavy atom. The molecule has 0 amide bonds. The van der Waals surface area contributed by atoms with Gasteiger partial charge >= 0.3 is 0 Å². The van der Waals surface area contributed by atoms with Crippen molar-refractivity contribution >= 4 is 0 Å². The van der Waals surface area contributed by atoms with Gasteiger partial charge in [-0.05, 0) is 52.1 Å². The van der Waals surface area contributed by atoms with Crippen molar-refractivity contribution in [1.82, 2.24) is 4.90 Å². The second-order valence-corrected chi connectivity index (χ2v) is 5.29. The molecule has 1 heterocycles. The molecule has 0 spiro atoms. The minimum Gasteiger partial charge on any atom is -0.303 e. The van der Waals surface area contributed by atoms with Crippen molar-refractivity contribution in [2.45, 2.75) is 40.0 Å². The maximum absolute atomic E-state index is 8.86. The fourth-order valence-corrected chi connectivity index (χ4v) is 2.03. The molecular weight excluding hydrogens is 172 g/mol. The molecular formula is C12H22N2. The summed E-state index contributed by atoms with van der Waals surface area (Å²) in [4.78, 5) is 2.53. The van der Waals surface area contributed by atoms with Gasteiger partial charge in [-0.1, -0.05) is 6.92 Å². The minimum atomic E-state index is -0.134. The third kappa shape index (κ3) is 3.67. The largest absolute Gasteiger partial charge is 0.303 e. The number of rotatable bonds is 4. The summed E-state index contributed by atoms with van der Waals surface area (Å²) >= 11 is 0. The Morgan fingerprint density at radius 1 is 1.50 bits per heavy atom. The van der Waals surface area contributed by atoms with Gasteiger partial charge in [-0.25, -0.2) is 0 Å². The summed E-state index contributed by atoms with van der Waals surface area (Å²) < 4.78 is 0. The molecule has 0 aromatic rings. The molecule has 1 saturated heterocycles. The van der Waals surface area contributed by atoms with E-state index in [1.54, 1.807) is 0 Å². The van der Waals surface area contributed by atoms with E-state index in [0.29, 0.717) is 0 Å². The van der Waals surface area contributed by atoms with Gasteiger partial charge < -0.3 is 4.90 Å². The lowest BCUT2D eigenvalue weighted by Gasteiger charge is -2.19. The van der Waals surface area contributed by atoms with Crippen molar-refractivity contribution in [3.8, 4) is 6.07 Å². The first-order valence-electron chi connectivity index (χ1n) is 5.67. The maximum Gasteiger partial charge on any atom is 0.0683 e. The molecule has 80 valence electrons. The van der Waals surface area contributed by atoms with Crippen LogP contribution in [0.15, 0.2) is 0 Å². The van der Waals surface area contributed by atoms with Crippen molar-refractivity contribution in [2.24, 2.45) is 11.3 Å². The minimum absolute atomic E-state index is 0.134. The highest BCUT2D eigenvalue weighted by Crippen LogP contribution is 2.22. The van der Waals surface area contributed by atoms with Gasteiger partial charge in [-0.2, -0.15) is 5.26 Å². The van der Waals surface area contributed by atoms with E-state index in [4.69, 9.17) is 5.26 Å². The van der Waals surface area contributed by atoms with E-state index in [1.807, 2.05) is 13.8 Å². The quantitative estimate of drug-likeness (QED) is 0.688. The Kier molecular flexibility index (Phi) is 3.95. The number of nitrogens with zero attached hydrogens (tertiary/aromatic N) is 2. The third-order valence-electron chi connectivity index (χ3n) is 3.09. The van der Waals surface area contributed by atoms with Crippen LogP contribution >= 0.6 is 0 Å². The normalized spacial score (nSPS) is 23.7. The van der Waals surface area contributed by atoms with Crippen LogP contribution in [0.4, 0.5) is 0 Å². The lowest BCUT2D eigenvalue weighted by atomic mass is 9.90. The van der Waals surface area contributed by atoms with Gasteiger partial charge in [-0.15, -0.1) is 0 Å². The van der Waals surface area contributed by atoms with Crippen LogP contribution in [-0.2, 0) is 0 Å². The van der Waals surface area contributed by atoms with Crippen molar-refractivity contribution < 1.29 is 0 Å². The highest BCUT2D eigenvalue weighted by Gasteiger charge is 2.20. The molecule has 1 atom stereocenters. The zero-order valence-electron chi connectivity index (χ0n) is 9.71. The van der Waals surface area contributed by atoms with Crippen molar-refractivity contribution in [3.05, 3.63) is 0 Å². The Hall–Kier alpha value is -0.550. The van der Waals surface area contributed by atoms with E-state index in [1.165, 1.54) is 26.1 Å². The van der Waals surface area contributed by atoms with Gasteiger partial charge in [0.1, 0.15) is 0 Å². The van der Waals surface area contributed by atoms with Gasteiger partial charge in [0, 0.05) is 6.54 Å². The SMILES string of the molecule is CC1CCN(CCCC(C)(C)C#N)C1. The van der Waals surface area contributed by atoms with Crippen LogP contribution in [0.3, 0.4) is 0 Å².